The lowest BCUT2D eigenvalue weighted by molar-refractivity contribution is -0.277. The van der Waals surface area contributed by atoms with Crippen molar-refractivity contribution in [1.82, 2.24) is 0 Å². The van der Waals surface area contributed by atoms with Crippen LogP contribution in [-0.2, 0) is 4.74 Å². The average molecular weight is 298 g/mol. The number of rotatable bonds is 3. The Kier molecular flexibility index (Phi) is 4.81. The van der Waals surface area contributed by atoms with Crippen molar-refractivity contribution in [1.29, 1.82) is 0 Å². The third kappa shape index (κ3) is 3.34. The minimum absolute atomic E-state index is 0.377. The van der Waals surface area contributed by atoms with Gasteiger partial charge in [-0.2, -0.15) is 0 Å². The predicted octanol–water partition coefficient (Wildman–Crippen LogP) is -0.606. The van der Waals surface area contributed by atoms with Gasteiger partial charge in [-0.15, -0.1) is 0 Å². The molecule has 1 aromatic carbocycles. The SMILES string of the molecule is COc1ccc(C=C(O)[C@H]2O[C@H](O)[C@H](O)[C@@H](O)[C@@H]2O)cc1. The molecule has 0 radical (unpaired) electrons. The molecule has 1 aliphatic rings. The summed E-state index contributed by atoms with van der Waals surface area (Å²) in [5.74, 6) is 0.271. The zero-order valence-corrected chi connectivity index (χ0v) is 11.3. The minimum atomic E-state index is -1.69. The first kappa shape index (κ1) is 15.7. The summed E-state index contributed by atoms with van der Waals surface area (Å²) in [4.78, 5) is 0. The maximum atomic E-state index is 9.99. The molecule has 5 atom stereocenters. The molecular formula is C14H18O7. The van der Waals surface area contributed by atoms with Gasteiger partial charge >= 0.3 is 0 Å². The molecule has 7 nitrogen and oxygen atoms in total. The van der Waals surface area contributed by atoms with Crippen LogP contribution in [0, 0.1) is 0 Å². The summed E-state index contributed by atoms with van der Waals surface area (Å²) in [6.45, 7) is 0. The smallest absolute Gasteiger partial charge is 0.184 e. The van der Waals surface area contributed by atoms with E-state index in [9.17, 15) is 25.5 Å². The second kappa shape index (κ2) is 6.42. The molecule has 5 N–H and O–H groups in total. The van der Waals surface area contributed by atoms with Crippen LogP contribution in [0.2, 0.25) is 0 Å². The van der Waals surface area contributed by atoms with E-state index in [0.29, 0.717) is 11.3 Å². The van der Waals surface area contributed by atoms with Gasteiger partial charge in [0.15, 0.2) is 6.29 Å². The molecule has 1 saturated heterocycles. The first-order valence-electron chi connectivity index (χ1n) is 6.36. The lowest BCUT2D eigenvalue weighted by Gasteiger charge is -2.37. The number of benzene rings is 1. The summed E-state index contributed by atoms with van der Waals surface area (Å²) < 4.78 is 9.92. The van der Waals surface area contributed by atoms with E-state index in [-0.39, 0.29) is 5.76 Å². The van der Waals surface area contributed by atoms with Gasteiger partial charge in [0.2, 0.25) is 0 Å². The van der Waals surface area contributed by atoms with E-state index < -0.39 is 30.7 Å². The Bertz CT molecular complexity index is 499. The van der Waals surface area contributed by atoms with Gasteiger partial charge in [-0.05, 0) is 23.8 Å². The summed E-state index contributed by atoms with van der Waals surface area (Å²) in [5, 5.41) is 48.1. The van der Waals surface area contributed by atoms with Crippen LogP contribution in [0.15, 0.2) is 30.0 Å². The zero-order valence-electron chi connectivity index (χ0n) is 11.3. The Labute approximate surface area is 121 Å². The first-order valence-corrected chi connectivity index (χ1v) is 6.36. The van der Waals surface area contributed by atoms with Gasteiger partial charge in [-0.3, -0.25) is 0 Å². The second-order valence-corrected chi connectivity index (χ2v) is 4.76. The summed E-state index contributed by atoms with van der Waals surface area (Å²) in [6, 6.07) is 6.72. The Morgan fingerprint density at radius 3 is 2.24 bits per heavy atom. The molecule has 0 aliphatic carbocycles. The number of methoxy groups -OCH3 is 1. The van der Waals surface area contributed by atoms with Crippen molar-refractivity contribution in [2.75, 3.05) is 7.11 Å². The first-order chi connectivity index (χ1) is 9.93. The standard InChI is InChI=1S/C14H18O7/c1-20-8-4-2-7(3-5-8)6-9(15)13-11(17)10(16)12(18)14(19)21-13/h2-6,10-19H,1H3/t10-,11-,12+,13+,14-/m0/s1. The highest BCUT2D eigenvalue weighted by Gasteiger charge is 2.44. The van der Waals surface area contributed by atoms with Crippen molar-refractivity contribution in [3.8, 4) is 5.75 Å². The van der Waals surface area contributed by atoms with Crippen LogP contribution >= 0.6 is 0 Å². The van der Waals surface area contributed by atoms with Crippen LogP contribution in [0.3, 0.4) is 0 Å². The molecule has 0 aromatic heterocycles. The molecule has 0 spiro atoms. The van der Waals surface area contributed by atoms with Crippen molar-refractivity contribution in [2.45, 2.75) is 30.7 Å². The van der Waals surface area contributed by atoms with Gasteiger partial charge < -0.3 is 35.0 Å². The molecule has 1 aliphatic heterocycles. The second-order valence-electron chi connectivity index (χ2n) is 4.76. The van der Waals surface area contributed by atoms with Gasteiger partial charge in [0.25, 0.3) is 0 Å². The summed E-state index contributed by atoms with van der Waals surface area (Å²) >= 11 is 0. The van der Waals surface area contributed by atoms with Crippen molar-refractivity contribution >= 4 is 6.08 Å². The molecule has 116 valence electrons. The molecule has 1 heterocycles. The van der Waals surface area contributed by atoms with Gasteiger partial charge in [0.05, 0.1) is 7.11 Å². The average Bonchev–Trinajstić information content (AvgIpc) is 2.49. The predicted molar refractivity (Wildman–Crippen MR) is 72.5 cm³/mol. The van der Waals surface area contributed by atoms with E-state index in [1.807, 2.05) is 0 Å². The van der Waals surface area contributed by atoms with E-state index in [1.165, 1.54) is 13.2 Å². The Morgan fingerprint density at radius 2 is 1.67 bits per heavy atom. The topological polar surface area (TPSA) is 120 Å². The molecule has 21 heavy (non-hydrogen) atoms. The van der Waals surface area contributed by atoms with Crippen LogP contribution in [-0.4, -0.2) is 63.3 Å². The Hall–Kier alpha value is -1.64. The van der Waals surface area contributed by atoms with E-state index in [2.05, 4.69) is 0 Å². The maximum Gasteiger partial charge on any atom is 0.184 e. The number of aliphatic hydroxyl groups is 5. The molecular weight excluding hydrogens is 280 g/mol. The molecule has 1 fully saturated rings. The highest BCUT2D eigenvalue weighted by atomic mass is 16.6. The summed E-state index contributed by atoms with van der Waals surface area (Å²) in [6.07, 6.45) is -6.52. The monoisotopic (exact) mass is 298 g/mol. The fourth-order valence-electron chi connectivity index (χ4n) is 2.06. The molecule has 0 unspecified atom stereocenters. The van der Waals surface area contributed by atoms with E-state index >= 15 is 0 Å². The largest absolute Gasteiger partial charge is 0.509 e. The maximum absolute atomic E-state index is 9.99. The third-order valence-corrected chi connectivity index (χ3v) is 3.31. The molecule has 1 aromatic rings. The zero-order chi connectivity index (χ0) is 15.6. The van der Waals surface area contributed by atoms with E-state index in [1.54, 1.807) is 24.3 Å². The molecule has 0 bridgehead atoms. The van der Waals surface area contributed by atoms with Crippen LogP contribution in [0.1, 0.15) is 5.56 Å². The van der Waals surface area contributed by atoms with Crippen LogP contribution in [0.4, 0.5) is 0 Å². The number of ether oxygens (including phenoxy) is 2. The fourth-order valence-corrected chi connectivity index (χ4v) is 2.06. The van der Waals surface area contributed by atoms with Gasteiger partial charge in [-0.25, -0.2) is 0 Å². The highest BCUT2D eigenvalue weighted by molar-refractivity contribution is 5.53. The number of hydrogen-bond acceptors (Lipinski definition) is 7. The molecule has 2 rings (SSSR count). The minimum Gasteiger partial charge on any atom is -0.509 e. The molecule has 0 saturated carbocycles. The molecule has 0 amide bonds. The van der Waals surface area contributed by atoms with Gasteiger partial charge in [0.1, 0.15) is 35.9 Å². The van der Waals surface area contributed by atoms with Gasteiger partial charge in [-0.1, -0.05) is 12.1 Å². The summed E-state index contributed by atoms with van der Waals surface area (Å²) in [5.41, 5.74) is 0.610. The quantitative estimate of drug-likeness (QED) is 0.472. The lowest BCUT2D eigenvalue weighted by Crippen LogP contribution is -2.57. The highest BCUT2D eigenvalue weighted by Crippen LogP contribution is 2.25. The number of aliphatic hydroxyl groups excluding tert-OH is 5. The van der Waals surface area contributed by atoms with Gasteiger partial charge in [0, 0.05) is 0 Å². The molecule has 7 heteroatoms. The van der Waals surface area contributed by atoms with Crippen LogP contribution < -0.4 is 4.74 Å². The van der Waals surface area contributed by atoms with Crippen LogP contribution in [0.5, 0.6) is 5.75 Å². The van der Waals surface area contributed by atoms with Crippen LogP contribution in [0.25, 0.3) is 6.08 Å². The third-order valence-electron chi connectivity index (χ3n) is 3.31. The van der Waals surface area contributed by atoms with E-state index in [0.717, 1.165) is 0 Å². The Morgan fingerprint density at radius 1 is 1.05 bits per heavy atom. The summed E-state index contributed by atoms with van der Waals surface area (Å²) in [7, 11) is 1.53. The number of hydrogen-bond donors (Lipinski definition) is 5. The van der Waals surface area contributed by atoms with Crippen molar-refractivity contribution in [2.24, 2.45) is 0 Å². The van der Waals surface area contributed by atoms with Crippen molar-refractivity contribution < 1.29 is 35.0 Å². The normalized spacial score (nSPS) is 33.8. The van der Waals surface area contributed by atoms with Crippen molar-refractivity contribution in [3.63, 3.8) is 0 Å². The lowest BCUT2D eigenvalue weighted by atomic mass is 9.97. The fraction of sp³-hybridized carbons (Fsp3) is 0.429. The Balaban J connectivity index is 2.17. The van der Waals surface area contributed by atoms with E-state index in [4.69, 9.17) is 9.47 Å². The van der Waals surface area contributed by atoms with Crippen molar-refractivity contribution in [3.05, 3.63) is 35.6 Å².